The summed E-state index contributed by atoms with van der Waals surface area (Å²) < 4.78 is 2.16. The number of hydrogen-bond donors (Lipinski definition) is 1. The molecule has 0 radical (unpaired) electrons. The third-order valence-electron chi connectivity index (χ3n) is 3.25. The van der Waals surface area contributed by atoms with Crippen molar-refractivity contribution in [3.05, 3.63) is 53.6 Å². The Morgan fingerprint density at radius 3 is 2.65 bits per heavy atom. The van der Waals surface area contributed by atoms with Crippen LogP contribution in [0.15, 0.2) is 36.7 Å². The van der Waals surface area contributed by atoms with E-state index in [1.807, 2.05) is 19.3 Å². The van der Waals surface area contributed by atoms with Gasteiger partial charge in [0.15, 0.2) is 0 Å². The van der Waals surface area contributed by atoms with Gasteiger partial charge in [-0.3, -0.25) is 0 Å². The lowest BCUT2D eigenvalue weighted by molar-refractivity contribution is 0.554. The second-order valence-electron chi connectivity index (χ2n) is 4.42. The molecule has 1 aromatic carbocycles. The smallest absolute Gasteiger partial charge is 0.105 e. The van der Waals surface area contributed by atoms with Gasteiger partial charge in [0.25, 0.3) is 0 Å². The van der Waals surface area contributed by atoms with Crippen LogP contribution in [0.1, 0.15) is 22.9 Å². The third kappa shape index (κ3) is 2.56. The molecule has 90 valence electrons. The first-order valence-corrected chi connectivity index (χ1v) is 5.95. The van der Waals surface area contributed by atoms with Crippen LogP contribution in [-0.4, -0.2) is 16.1 Å². The molecule has 0 spiro atoms. The van der Waals surface area contributed by atoms with Crippen molar-refractivity contribution in [2.45, 2.75) is 26.3 Å². The molecule has 0 amide bonds. The number of imidazole rings is 1. The first-order chi connectivity index (χ1) is 8.22. The molecule has 3 heteroatoms. The Labute approximate surface area is 102 Å². The maximum absolute atomic E-state index is 5.91. The first kappa shape index (κ1) is 11.9. The quantitative estimate of drug-likeness (QED) is 0.873. The summed E-state index contributed by atoms with van der Waals surface area (Å²) in [4.78, 5) is 4.24. The number of benzene rings is 1. The van der Waals surface area contributed by atoms with Gasteiger partial charge in [-0.25, -0.2) is 4.98 Å². The van der Waals surface area contributed by atoms with Crippen molar-refractivity contribution < 1.29 is 0 Å². The van der Waals surface area contributed by atoms with Crippen LogP contribution >= 0.6 is 0 Å². The number of nitrogens with zero attached hydrogens (tertiary/aromatic N) is 2. The fourth-order valence-corrected chi connectivity index (χ4v) is 2.18. The minimum atomic E-state index is 0.351. The van der Waals surface area contributed by atoms with E-state index in [0.717, 1.165) is 12.4 Å². The molecule has 2 rings (SSSR count). The van der Waals surface area contributed by atoms with Crippen molar-refractivity contribution in [2.75, 3.05) is 6.54 Å². The zero-order chi connectivity index (χ0) is 12.3. The van der Waals surface area contributed by atoms with Crippen LogP contribution in [0, 0.1) is 13.8 Å². The molecule has 3 nitrogen and oxygen atoms in total. The van der Waals surface area contributed by atoms with Crippen LogP contribution in [0.4, 0.5) is 0 Å². The molecule has 0 bridgehead atoms. The summed E-state index contributed by atoms with van der Waals surface area (Å²) >= 11 is 0. The second kappa shape index (κ2) is 5.15. The van der Waals surface area contributed by atoms with E-state index in [1.165, 1.54) is 11.1 Å². The van der Waals surface area contributed by atoms with Gasteiger partial charge in [-0.15, -0.1) is 0 Å². The highest BCUT2D eigenvalue weighted by Gasteiger charge is 2.13. The highest BCUT2D eigenvalue weighted by Crippen LogP contribution is 2.21. The lowest BCUT2D eigenvalue weighted by Gasteiger charge is -2.18. The molecule has 0 aliphatic heterocycles. The number of hydrogen-bond acceptors (Lipinski definition) is 2. The summed E-state index contributed by atoms with van der Waals surface area (Å²) in [5, 5.41) is 0. The zero-order valence-corrected chi connectivity index (χ0v) is 10.4. The predicted molar refractivity (Wildman–Crippen MR) is 69.9 cm³/mol. The Morgan fingerprint density at radius 2 is 2.06 bits per heavy atom. The Bertz CT molecular complexity index is 488. The van der Waals surface area contributed by atoms with Crippen LogP contribution in [0.2, 0.25) is 0 Å². The van der Waals surface area contributed by atoms with Crippen molar-refractivity contribution in [2.24, 2.45) is 5.73 Å². The summed E-state index contributed by atoms with van der Waals surface area (Å²) in [6.45, 7) is 5.71. The normalized spacial score (nSPS) is 12.6. The van der Waals surface area contributed by atoms with Crippen LogP contribution in [0.25, 0.3) is 0 Å². The van der Waals surface area contributed by atoms with E-state index in [2.05, 4.69) is 40.7 Å². The summed E-state index contributed by atoms with van der Waals surface area (Å²) in [5.74, 6) is 1.39. The summed E-state index contributed by atoms with van der Waals surface area (Å²) in [6, 6.07) is 8.44. The minimum Gasteiger partial charge on any atom is -0.335 e. The molecule has 0 fully saturated rings. The second-order valence-corrected chi connectivity index (χ2v) is 4.42. The van der Waals surface area contributed by atoms with Gasteiger partial charge in [0.1, 0.15) is 5.82 Å². The van der Waals surface area contributed by atoms with Crippen LogP contribution in [-0.2, 0) is 6.54 Å². The monoisotopic (exact) mass is 229 g/mol. The van der Waals surface area contributed by atoms with Gasteiger partial charge in [-0.05, 0) is 25.0 Å². The summed E-state index contributed by atoms with van der Waals surface area (Å²) in [6.07, 6.45) is 3.84. The molecule has 1 unspecified atom stereocenters. The fraction of sp³-hybridized carbons (Fsp3) is 0.357. The average molecular weight is 229 g/mol. The molecule has 1 heterocycles. The van der Waals surface area contributed by atoms with Gasteiger partial charge in [-0.2, -0.15) is 0 Å². The molecule has 1 atom stereocenters. The molecule has 0 saturated carbocycles. The van der Waals surface area contributed by atoms with E-state index in [1.54, 1.807) is 0 Å². The predicted octanol–water partition coefficient (Wildman–Crippen LogP) is 2.24. The molecule has 2 N–H and O–H groups in total. The number of aromatic nitrogens is 2. The zero-order valence-electron chi connectivity index (χ0n) is 10.4. The van der Waals surface area contributed by atoms with Gasteiger partial charge in [-0.1, -0.05) is 24.3 Å². The topological polar surface area (TPSA) is 43.8 Å². The van der Waals surface area contributed by atoms with E-state index < -0.39 is 0 Å². The molecule has 0 aliphatic rings. The Kier molecular flexibility index (Phi) is 3.59. The summed E-state index contributed by atoms with van der Waals surface area (Å²) in [7, 11) is 0. The molecular formula is C14H19N3. The van der Waals surface area contributed by atoms with E-state index in [0.29, 0.717) is 12.5 Å². The van der Waals surface area contributed by atoms with Crippen molar-refractivity contribution in [3.63, 3.8) is 0 Å². The minimum absolute atomic E-state index is 0.351. The Morgan fingerprint density at radius 1 is 1.29 bits per heavy atom. The van der Waals surface area contributed by atoms with Crippen LogP contribution in [0.5, 0.6) is 0 Å². The maximum Gasteiger partial charge on any atom is 0.105 e. The third-order valence-corrected chi connectivity index (χ3v) is 3.25. The van der Waals surface area contributed by atoms with Crippen LogP contribution in [0.3, 0.4) is 0 Å². The molecule has 0 saturated heterocycles. The van der Waals surface area contributed by atoms with Crippen LogP contribution < -0.4 is 5.73 Å². The number of nitrogens with two attached hydrogens (primary N) is 1. The Balaban J connectivity index is 2.23. The largest absolute Gasteiger partial charge is 0.335 e. The van der Waals surface area contributed by atoms with Gasteiger partial charge in [0, 0.05) is 31.4 Å². The van der Waals surface area contributed by atoms with Gasteiger partial charge >= 0.3 is 0 Å². The molecule has 0 aliphatic carbocycles. The molecule has 17 heavy (non-hydrogen) atoms. The standard InChI is InChI=1S/C14H19N3/c1-11-5-3-4-6-14(11)13(9-15)10-17-8-7-16-12(17)2/h3-8,13H,9-10,15H2,1-2H3. The molecule has 1 aromatic heterocycles. The number of aryl methyl sites for hydroxylation is 2. The van der Waals surface area contributed by atoms with Gasteiger partial charge in [0.2, 0.25) is 0 Å². The van der Waals surface area contributed by atoms with Crippen molar-refractivity contribution in [1.82, 2.24) is 9.55 Å². The lowest BCUT2D eigenvalue weighted by atomic mass is 9.95. The SMILES string of the molecule is Cc1ccccc1C(CN)Cn1ccnc1C. The van der Waals surface area contributed by atoms with Crippen molar-refractivity contribution in [3.8, 4) is 0 Å². The highest BCUT2D eigenvalue weighted by atomic mass is 15.1. The first-order valence-electron chi connectivity index (χ1n) is 5.95. The summed E-state index contributed by atoms with van der Waals surface area (Å²) in [5.41, 5.74) is 8.55. The average Bonchev–Trinajstić information content (AvgIpc) is 2.73. The maximum atomic E-state index is 5.91. The van der Waals surface area contributed by atoms with Crippen molar-refractivity contribution >= 4 is 0 Å². The van der Waals surface area contributed by atoms with E-state index in [-0.39, 0.29) is 0 Å². The van der Waals surface area contributed by atoms with E-state index in [4.69, 9.17) is 5.73 Å². The van der Waals surface area contributed by atoms with Gasteiger partial charge < -0.3 is 10.3 Å². The number of rotatable bonds is 4. The lowest BCUT2D eigenvalue weighted by Crippen LogP contribution is -2.19. The van der Waals surface area contributed by atoms with E-state index in [9.17, 15) is 0 Å². The fourth-order valence-electron chi connectivity index (χ4n) is 2.18. The van der Waals surface area contributed by atoms with E-state index >= 15 is 0 Å². The van der Waals surface area contributed by atoms with Crippen molar-refractivity contribution in [1.29, 1.82) is 0 Å². The Hall–Kier alpha value is -1.61. The molecule has 2 aromatic rings. The van der Waals surface area contributed by atoms with Gasteiger partial charge in [0.05, 0.1) is 0 Å². The molecular weight excluding hydrogens is 210 g/mol. The highest BCUT2D eigenvalue weighted by molar-refractivity contribution is 5.29.